The first-order valence-electron chi connectivity index (χ1n) is 10.6. The summed E-state index contributed by atoms with van der Waals surface area (Å²) in [6, 6.07) is 15.9. The maximum Gasteiger partial charge on any atom is 0.142 e. The number of nitrogens with one attached hydrogen (secondary N) is 1. The molecule has 0 aromatic heterocycles. The average molecular weight is 378 g/mol. The van der Waals surface area contributed by atoms with Gasteiger partial charge in [-0.3, -0.25) is 0 Å². The second kappa shape index (κ2) is 8.40. The SMILES string of the molecule is CCOCCOc1cccc2c1NC(c1ccc(C(C)C)cc1)C1CC=CC21. The van der Waals surface area contributed by atoms with Gasteiger partial charge in [-0.2, -0.15) is 0 Å². The van der Waals surface area contributed by atoms with E-state index in [0.717, 1.165) is 24.5 Å². The van der Waals surface area contributed by atoms with Crippen molar-refractivity contribution in [3.63, 3.8) is 0 Å². The predicted molar refractivity (Wildman–Crippen MR) is 115 cm³/mol. The number of rotatable bonds is 7. The normalized spacial score (nSPS) is 22.6. The van der Waals surface area contributed by atoms with Gasteiger partial charge in [0.2, 0.25) is 0 Å². The molecule has 3 unspecified atom stereocenters. The zero-order valence-electron chi connectivity index (χ0n) is 17.2. The Bertz CT molecular complexity index is 825. The van der Waals surface area contributed by atoms with Crippen molar-refractivity contribution in [1.29, 1.82) is 0 Å². The van der Waals surface area contributed by atoms with E-state index in [9.17, 15) is 0 Å². The van der Waals surface area contributed by atoms with E-state index >= 15 is 0 Å². The molecule has 0 radical (unpaired) electrons. The fraction of sp³-hybridized carbons (Fsp3) is 0.440. The summed E-state index contributed by atoms with van der Waals surface area (Å²) in [4.78, 5) is 0. The Labute approximate surface area is 168 Å². The fourth-order valence-electron chi connectivity index (χ4n) is 4.49. The number of anilines is 1. The molecule has 2 aromatic carbocycles. The molecule has 3 atom stereocenters. The Morgan fingerprint density at radius 1 is 1.07 bits per heavy atom. The molecule has 0 spiro atoms. The lowest BCUT2D eigenvalue weighted by atomic mass is 9.76. The smallest absolute Gasteiger partial charge is 0.142 e. The predicted octanol–water partition coefficient (Wildman–Crippen LogP) is 6.05. The van der Waals surface area contributed by atoms with Gasteiger partial charge < -0.3 is 14.8 Å². The lowest BCUT2D eigenvalue weighted by Crippen LogP contribution is -2.29. The molecule has 1 heterocycles. The van der Waals surface area contributed by atoms with Crippen molar-refractivity contribution in [2.24, 2.45) is 5.92 Å². The summed E-state index contributed by atoms with van der Waals surface area (Å²) in [5, 5.41) is 3.84. The summed E-state index contributed by atoms with van der Waals surface area (Å²) in [5.74, 6) is 2.48. The number of ether oxygens (including phenoxy) is 2. The van der Waals surface area contributed by atoms with Crippen LogP contribution < -0.4 is 10.1 Å². The van der Waals surface area contributed by atoms with Gasteiger partial charge in [0, 0.05) is 12.5 Å². The number of hydrogen-bond donors (Lipinski definition) is 1. The summed E-state index contributed by atoms with van der Waals surface area (Å²) >= 11 is 0. The highest BCUT2D eigenvalue weighted by Gasteiger charge is 2.38. The monoisotopic (exact) mass is 377 g/mol. The quantitative estimate of drug-likeness (QED) is 0.470. The Morgan fingerprint density at radius 2 is 1.89 bits per heavy atom. The summed E-state index contributed by atoms with van der Waals surface area (Å²) in [7, 11) is 0. The van der Waals surface area contributed by atoms with Crippen LogP contribution in [0.25, 0.3) is 0 Å². The van der Waals surface area contributed by atoms with Crippen molar-refractivity contribution in [2.75, 3.05) is 25.1 Å². The fourth-order valence-corrected chi connectivity index (χ4v) is 4.49. The van der Waals surface area contributed by atoms with Crippen LogP contribution in [0.4, 0.5) is 5.69 Å². The molecular formula is C25H31NO2. The van der Waals surface area contributed by atoms with Crippen LogP contribution in [0, 0.1) is 5.92 Å². The molecule has 0 saturated heterocycles. The number of hydrogen-bond acceptors (Lipinski definition) is 3. The summed E-state index contributed by atoms with van der Waals surface area (Å²) in [6.45, 7) is 8.40. The molecule has 28 heavy (non-hydrogen) atoms. The third kappa shape index (κ3) is 3.68. The van der Waals surface area contributed by atoms with Crippen LogP contribution in [0.1, 0.15) is 61.8 Å². The first kappa shape index (κ1) is 19.1. The van der Waals surface area contributed by atoms with Crippen molar-refractivity contribution in [3.05, 3.63) is 71.3 Å². The van der Waals surface area contributed by atoms with Crippen LogP contribution in [-0.2, 0) is 4.74 Å². The van der Waals surface area contributed by atoms with E-state index in [-0.39, 0.29) is 0 Å². The molecule has 1 aliphatic heterocycles. The highest BCUT2D eigenvalue weighted by Crippen LogP contribution is 2.52. The second-order valence-corrected chi connectivity index (χ2v) is 8.06. The molecule has 1 aliphatic carbocycles. The van der Waals surface area contributed by atoms with E-state index in [1.807, 2.05) is 6.92 Å². The molecule has 2 aromatic rings. The van der Waals surface area contributed by atoms with Gasteiger partial charge in [0.1, 0.15) is 12.4 Å². The van der Waals surface area contributed by atoms with Gasteiger partial charge in [-0.25, -0.2) is 0 Å². The highest BCUT2D eigenvalue weighted by molar-refractivity contribution is 5.67. The maximum atomic E-state index is 6.08. The van der Waals surface area contributed by atoms with Crippen molar-refractivity contribution in [3.8, 4) is 5.75 Å². The van der Waals surface area contributed by atoms with Crippen LogP contribution >= 0.6 is 0 Å². The van der Waals surface area contributed by atoms with Gasteiger partial charge in [0.25, 0.3) is 0 Å². The maximum absolute atomic E-state index is 6.08. The molecule has 0 saturated carbocycles. The van der Waals surface area contributed by atoms with Crippen molar-refractivity contribution >= 4 is 5.69 Å². The standard InChI is InChI=1S/C25H31NO2/c1-4-27-15-16-28-23-10-6-9-22-20-7-5-8-21(20)24(26-25(22)23)19-13-11-18(12-14-19)17(2)3/h5-7,9-14,17,20-21,24,26H,4,8,15-16H2,1-3H3. The number of benzene rings is 2. The van der Waals surface area contributed by atoms with E-state index in [1.54, 1.807) is 0 Å². The van der Waals surface area contributed by atoms with Crippen LogP contribution in [0.2, 0.25) is 0 Å². The molecule has 0 fully saturated rings. The van der Waals surface area contributed by atoms with E-state index in [0.29, 0.717) is 37.0 Å². The Morgan fingerprint density at radius 3 is 2.64 bits per heavy atom. The Kier molecular flexibility index (Phi) is 5.72. The third-order valence-corrected chi connectivity index (χ3v) is 6.01. The molecular weight excluding hydrogens is 346 g/mol. The van der Waals surface area contributed by atoms with E-state index in [4.69, 9.17) is 9.47 Å². The van der Waals surface area contributed by atoms with Crippen LogP contribution in [0.3, 0.4) is 0 Å². The third-order valence-electron chi connectivity index (χ3n) is 6.01. The topological polar surface area (TPSA) is 30.5 Å². The molecule has 4 rings (SSSR count). The summed E-state index contributed by atoms with van der Waals surface area (Å²) in [6.07, 6.45) is 5.83. The highest BCUT2D eigenvalue weighted by atomic mass is 16.5. The first-order chi connectivity index (χ1) is 13.7. The van der Waals surface area contributed by atoms with Gasteiger partial charge in [0.15, 0.2) is 0 Å². The van der Waals surface area contributed by atoms with Crippen LogP contribution in [0.15, 0.2) is 54.6 Å². The number of fused-ring (bicyclic) bond motifs is 3. The lowest BCUT2D eigenvalue weighted by molar-refractivity contribution is 0.110. The summed E-state index contributed by atoms with van der Waals surface area (Å²) in [5.41, 5.74) is 5.24. The van der Waals surface area contributed by atoms with Gasteiger partial charge in [-0.05, 0) is 47.9 Å². The largest absolute Gasteiger partial charge is 0.489 e. The summed E-state index contributed by atoms with van der Waals surface area (Å²) < 4.78 is 11.5. The van der Waals surface area contributed by atoms with Crippen molar-refractivity contribution in [1.82, 2.24) is 0 Å². The van der Waals surface area contributed by atoms with E-state index < -0.39 is 0 Å². The zero-order valence-corrected chi connectivity index (χ0v) is 17.2. The number of para-hydroxylation sites is 1. The minimum Gasteiger partial charge on any atom is -0.489 e. The molecule has 0 bridgehead atoms. The minimum absolute atomic E-state index is 0.297. The molecule has 3 heteroatoms. The molecule has 3 nitrogen and oxygen atoms in total. The minimum atomic E-state index is 0.297. The van der Waals surface area contributed by atoms with Gasteiger partial charge in [0.05, 0.1) is 18.3 Å². The molecule has 148 valence electrons. The Hall–Kier alpha value is -2.26. The van der Waals surface area contributed by atoms with Gasteiger partial charge >= 0.3 is 0 Å². The van der Waals surface area contributed by atoms with E-state index in [1.165, 1.54) is 16.7 Å². The van der Waals surface area contributed by atoms with Crippen LogP contribution in [-0.4, -0.2) is 19.8 Å². The first-order valence-corrected chi connectivity index (χ1v) is 10.6. The van der Waals surface area contributed by atoms with Crippen LogP contribution in [0.5, 0.6) is 5.75 Å². The van der Waals surface area contributed by atoms with Gasteiger partial charge in [-0.15, -0.1) is 0 Å². The van der Waals surface area contributed by atoms with Crippen molar-refractivity contribution < 1.29 is 9.47 Å². The second-order valence-electron chi connectivity index (χ2n) is 8.06. The van der Waals surface area contributed by atoms with Gasteiger partial charge in [-0.1, -0.05) is 62.4 Å². The zero-order chi connectivity index (χ0) is 19.5. The molecule has 2 aliphatic rings. The molecule has 1 N–H and O–H groups in total. The molecule has 0 amide bonds. The van der Waals surface area contributed by atoms with Crippen molar-refractivity contribution in [2.45, 2.75) is 45.1 Å². The number of allylic oxidation sites excluding steroid dienone is 2. The average Bonchev–Trinajstić information content (AvgIpc) is 3.21. The Balaban J connectivity index is 1.62. The van der Waals surface area contributed by atoms with E-state index in [2.05, 4.69) is 73.8 Å². The lowest BCUT2D eigenvalue weighted by Gasteiger charge is -2.38.